The van der Waals surface area contributed by atoms with Gasteiger partial charge in [-0.25, -0.2) is 4.79 Å². The number of ether oxygens (including phenoxy) is 2. The number of hydrogen-bond acceptors (Lipinski definition) is 5. The first kappa shape index (κ1) is 16.8. The molecule has 6 heteroatoms. The van der Waals surface area contributed by atoms with Crippen molar-refractivity contribution in [3.8, 4) is 0 Å². The van der Waals surface area contributed by atoms with E-state index in [1.807, 2.05) is 20.8 Å². The molecular formula is C16H25NO5. The van der Waals surface area contributed by atoms with Gasteiger partial charge in [0.25, 0.3) is 0 Å². The summed E-state index contributed by atoms with van der Waals surface area (Å²) in [5.41, 5.74) is -0.496. The van der Waals surface area contributed by atoms with Crippen LogP contribution in [0.1, 0.15) is 59.3 Å². The molecule has 1 heterocycles. The van der Waals surface area contributed by atoms with Crippen LogP contribution in [0.15, 0.2) is 0 Å². The van der Waals surface area contributed by atoms with E-state index >= 15 is 0 Å². The number of hydrogen-bond donors (Lipinski definition) is 1. The Balaban J connectivity index is 1.77. The van der Waals surface area contributed by atoms with Crippen LogP contribution in [-0.4, -0.2) is 29.7 Å². The molecule has 1 aliphatic carbocycles. The van der Waals surface area contributed by atoms with Gasteiger partial charge in [-0.15, -0.1) is 0 Å². The topological polar surface area (TPSA) is 81.7 Å². The summed E-state index contributed by atoms with van der Waals surface area (Å²) in [5, 5.41) is 2.90. The van der Waals surface area contributed by atoms with Gasteiger partial charge in [0.15, 0.2) is 0 Å². The number of esters is 2. The predicted octanol–water partition coefficient (Wildman–Crippen LogP) is 2.55. The Kier molecular flexibility index (Phi) is 5.08. The minimum absolute atomic E-state index is 0.0937. The van der Waals surface area contributed by atoms with Crippen LogP contribution in [0.3, 0.4) is 0 Å². The molecule has 0 aromatic heterocycles. The van der Waals surface area contributed by atoms with E-state index in [-0.39, 0.29) is 18.1 Å². The van der Waals surface area contributed by atoms with Crippen molar-refractivity contribution in [2.75, 3.05) is 0 Å². The highest BCUT2D eigenvalue weighted by atomic mass is 16.6. The van der Waals surface area contributed by atoms with Gasteiger partial charge in [0.1, 0.15) is 5.60 Å². The summed E-state index contributed by atoms with van der Waals surface area (Å²) in [6.07, 6.45) is 3.80. The van der Waals surface area contributed by atoms with E-state index in [1.54, 1.807) is 0 Å². The first-order valence-electron chi connectivity index (χ1n) is 7.96. The summed E-state index contributed by atoms with van der Waals surface area (Å²) >= 11 is 0. The molecule has 22 heavy (non-hydrogen) atoms. The normalized spacial score (nSPS) is 27.2. The summed E-state index contributed by atoms with van der Waals surface area (Å²) in [5.74, 6) is -0.366. The van der Waals surface area contributed by atoms with E-state index < -0.39 is 17.5 Å². The van der Waals surface area contributed by atoms with Gasteiger partial charge in [0.05, 0.1) is 0 Å². The summed E-state index contributed by atoms with van der Waals surface area (Å²) in [7, 11) is 0. The molecule has 0 radical (unpaired) electrons. The lowest BCUT2D eigenvalue weighted by atomic mass is 9.75. The fourth-order valence-corrected chi connectivity index (χ4v) is 3.25. The minimum Gasteiger partial charge on any atom is -0.444 e. The van der Waals surface area contributed by atoms with Crippen LogP contribution < -0.4 is 5.32 Å². The van der Waals surface area contributed by atoms with Crippen molar-refractivity contribution >= 4 is 18.0 Å². The summed E-state index contributed by atoms with van der Waals surface area (Å²) in [6, 6.07) is 0.109. The summed E-state index contributed by atoms with van der Waals surface area (Å²) < 4.78 is 9.83. The van der Waals surface area contributed by atoms with Crippen LogP contribution in [0.2, 0.25) is 0 Å². The molecule has 2 fully saturated rings. The van der Waals surface area contributed by atoms with Gasteiger partial charge >= 0.3 is 18.0 Å². The van der Waals surface area contributed by atoms with Gasteiger partial charge in [-0.05, 0) is 58.3 Å². The van der Waals surface area contributed by atoms with E-state index in [1.165, 1.54) is 0 Å². The Morgan fingerprint density at radius 1 is 1.05 bits per heavy atom. The minimum atomic E-state index is -0.496. The number of cyclic esters (lactones) is 2. The monoisotopic (exact) mass is 311 g/mol. The summed E-state index contributed by atoms with van der Waals surface area (Å²) in [6.45, 7) is 5.51. The average molecular weight is 311 g/mol. The molecule has 0 aromatic rings. The van der Waals surface area contributed by atoms with Gasteiger partial charge in [-0.3, -0.25) is 9.59 Å². The predicted molar refractivity (Wildman–Crippen MR) is 78.9 cm³/mol. The molecule has 124 valence electrons. The summed E-state index contributed by atoms with van der Waals surface area (Å²) in [4.78, 5) is 34.5. The van der Waals surface area contributed by atoms with Crippen LogP contribution in [-0.2, 0) is 19.1 Å². The van der Waals surface area contributed by atoms with Gasteiger partial charge in [-0.2, -0.15) is 0 Å². The van der Waals surface area contributed by atoms with Crippen molar-refractivity contribution in [3.63, 3.8) is 0 Å². The van der Waals surface area contributed by atoms with E-state index in [4.69, 9.17) is 4.74 Å². The second-order valence-electron chi connectivity index (χ2n) is 7.27. The lowest BCUT2D eigenvalue weighted by molar-refractivity contribution is -0.166. The lowest BCUT2D eigenvalue weighted by Gasteiger charge is -2.35. The molecule has 1 saturated heterocycles. The number of nitrogens with one attached hydrogen (secondary N) is 1. The van der Waals surface area contributed by atoms with Crippen molar-refractivity contribution in [3.05, 3.63) is 0 Å². The number of amides is 1. The van der Waals surface area contributed by atoms with Gasteiger partial charge in [-0.1, -0.05) is 0 Å². The molecule has 1 N–H and O–H groups in total. The molecule has 6 nitrogen and oxygen atoms in total. The quantitative estimate of drug-likeness (QED) is 0.626. The molecule has 0 bridgehead atoms. The molecular weight excluding hydrogens is 286 g/mol. The number of carbonyl (C=O) groups is 3. The Hall–Kier alpha value is -1.59. The second kappa shape index (κ2) is 6.67. The van der Waals surface area contributed by atoms with Crippen LogP contribution in [0, 0.1) is 11.8 Å². The van der Waals surface area contributed by atoms with Crippen LogP contribution in [0.5, 0.6) is 0 Å². The molecule has 0 spiro atoms. The molecule has 2 aliphatic rings. The van der Waals surface area contributed by atoms with Crippen molar-refractivity contribution in [2.45, 2.75) is 70.9 Å². The second-order valence-corrected chi connectivity index (χ2v) is 7.27. The maximum Gasteiger partial charge on any atom is 0.407 e. The molecule has 2 rings (SSSR count). The van der Waals surface area contributed by atoms with Crippen molar-refractivity contribution in [1.82, 2.24) is 5.32 Å². The Morgan fingerprint density at radius 3 is 2.09 bits per heavy atom. The molecule has 1 aliphatic heterocycles. The standard InChI is InChI=1S/C16H25NO5/c1-16(2,3)22-15(20)17-12-6-4-10(5-7-12)11-8-13(18)21-14(19)9-11/h10-12H,4-9H2,1-3H3,(H,17,20). The highest BCUT2D eigenvalue weighted by Gasteiger charge is 2.35. The van der Waals surface area contributed by atoms with Crippen LogP contribution >= 0.6 is 0 Å². The largest absolute Gasteiger partial charge is 0.444 e. The van der Waals surface area contributed by atoms with Gasteiger partial charge in [0, 0.05) is 18.9 Å². The number of rotatable bonds is 2. The third-order valence-corrected chi connectivity index (χ3v) is 4.24. The zero-order valence-electron chi connectivity index (χ0n) is 13.5. The molecule has 0 aromatic carbocycles. The van der Waals surface area contributed by atoms with Gasteiger partial charge < -0.3 is 14.8 Å². The van der Waals surface area contributed by atoms with Crippen LogP contribution in [0.4, 0.5) is 4.79 Å². The van der Waals surface area contributed by atoms with Crippen molar-refractivity contribution in [1.29, 1.82) is 0 Å². The SMILES string of the molecule is CC(C)(C)OC(=O)NC1CCC(C2CC(=O)OC(=O)C2)CC1. The molecule has 0 unspecified atom stereocenters. The fourth-order valence-electron chi connectivity index (χ4n) is 3.25. The van der Waals surface area contributed by atoms with Crippen LogP contribution in [0.25, 0.3) is 0 Å². The molecule has 1 amide bonds. The van der Waals surface area contributed by atoms with E-state index in [0.717, 1.165) is 25.7 Å². The van der Waals surface area contributed by atoms with E-state index in [0.29, 0.717) is 18.8 Å². The third-order valence-electron chi connectivity index (χ3n) is 4.24. The third kappa shape index (κ3) is 5.00. The highest BCUT2D eigenvalue weighted by molar-refractivity contribution is 5.88. The number of alkyl carbamates (subject to hydrolysis) is 1. The highest BCUT2D eigenvalue weighted by Crippen LogP contribution is 2.36. The maximum absolute atomic E-state index is 11.8. The zero-order chi connectivity index (χ0) is 16.3. The van der Waals surface area contributed by atoms with Gasteiger partial charge in [0.2, 0.25) is 0 Å². The maximum atomic E-state index is 11.8. The lowest BCUT2D eigenvalue weighted by Crippen LogP contribution is -2.42. The van der Waals surface area contributed by atoms with E-state index in [2.05, 4.69) is 10.1 Å². The Labute approximate surface area is 130 Å². The van der Waals surface area contributed by atoms with Crippen molar-refractivity contribution in [2.24, 2.45) is 11.8 Å². The fraction of sp³-hybridized carbons (Fsp3) is 0.812. The first-order valence-corrected chi connectivity index (χ1v) is 7.96. The average Bonchev–Trinajstić information content (AvgIpc) is 2.36. The Morgan fingerprint density at radius 2 is 1.59 bits per heavy atom. The number of carbonyl (C=O) groups excluding carboxylic acids is 3. The zero-order valence-corrected chi connectivity index (χ0v) is 13.5. The van der Waals surface area contributed by atoms with Crippen molar-refractivity contribution < 1.29 is 23.9 Å². The Bertz CT molecular complexity index is 430. The molecule has 0 atom stereocenters. The smallest absolute Gasteiger partial charge is 0.407 e. The van der Waals surface area contributed by atoms with E-state index in [9.17, 15) is 14.4 Å². The molecule has 1 saturated carbocycles. The first-order chi connectivity index (χ1) is 10.2.